The third kappa shape index (κ3) is 1.87. The third-order valence-corrected chi connectivity index (χ3v) is 3.43. The van der Waals surface area contributed by atoms with Gasteiger partial charge in [-0.2, -0.15) is 0 Å². The van der Waals surface area contributed by atoms with Gasteiger partial charge in [0.15, 0.2) is 23.1 Å². The summed E-state index contributed by atoms with van der Waals surface area (Å²) in [6, 6.07) is 1.34. The van der Waals surface area contributed by atoms with Crippen LogP contribution in [0.2, 0.25) is 0 Å². The summed E-state index contributed by atoms with van der Waals surface area (Å²) in [5.74, 6) is -1.47. The minimum absolute atomic E-state index is 0.00120. The number of carbonyl (C=O) groups is 1. The van der Waals surface area contributed by atoms with E-state index in [1.807, 2.05) is 0 Å². The molecule has 1 aliphatic rings. The van der Waals surface area contributed by atoms with Crippen LogP contribution in [-0.2, 0) is 10.2 Å². The first-order chi connectivity index (χ1) is 9.01. The summed E-state index contributed by atoms with van der Waals surface area (Å²) in [6.07, 6.45) is 0.734. The highest BCUT2D eigenvalue weighted by molar-refractivity contribution is 5.87. The van der Waals surface area contributed by atoms with Crippen molar-refractivity contribution >= 4 is 5.97 Å². The normalized spacial score (nSPS) is 15.8. The van der Waals surface area contributed by atoms with Gasteiger partial charge in [0, 0.05) is 6.07 Å². The molecular weight excluding hydrogens is 255 g/mol. The topological polar surface area (TPSA) is 65.0 Å². The minimum Gasteiger partial charge on any atom is -0.494 e. The standard InChI is InChI=1S/C13H15FO5/c1-17-7-6-8(18-2)11(19-3)9(10(7)14)13(4-5-13)12(15)16/h6H,4-5H2,1-3H3,(H,15,16). The second-order valence-electron chi connectivity index (χ2n) is 4.39. The average Bonchev–Trinajstić information content (AvgIpc) is 3.19. The molecule has 2 rings (SSSR count). The van der Waals surface area contributed by atoms with Crippen LogP contribution in [0.1, 0.15) is 18.4 Å². The molecule has 0 spiro atoms. The number of halogens is 1. The smallest absolute Gasteiger partial charge is 0.314 e. The Kier molecular flexibility index (Phi) is 3.26. The summed E-state index contributed by atoms with van der Waals surface area (Å²) in [4.78, 5) is 11.4. The number of aliphatic carboxylic acids is 1. The van der Waals surface area contributed by atoms with Gasteiger partial charge in [0.1, 0.15) is 0 Å². The first kappa shape index (κ1) is 13.5. The van der Waals surface area contributed by atoms with Crippen molar-refractivity contribution in [3.05, 3.63) is 17.4 Å². The number of carboxylic acid groups (broad SMARTS) is 1. The van der Waals surface area contributed by atoms with Crippen molar-refractivity contribution in [2.45, 2.75) is 18.3 Å². The molecule has 0 bridgehead atoms. The summed E-state index contributed by atoms with van der Waals surface area (Å²) in [5.41, 5.74) is -1.24. The lowest BCUT2D eigenvalue weighted by Crippen LogP contribution is -2.22. The van der Waals surface area contributed by atoms with Gasteiger partial charge in [-0.25, -0.2) is 4.39 Å². The maximum Gasteiger partial charge on any atom is 0.314 e. The van der Waals surface area contributed by atoms with Crippen LogP contribution in [0.25, 0.3) is 0 Å². The molecule has 0 unspecified atom stereocenters. The Labute approximate surface area is 109 Å². The molecule has 1 saturated carbocycles. The van der Waals surface area contributed by atoms with E-state index in [0.717, 1.165) is 0 Å². The van der Waals surface area contributed by atoms with Gasteiger partial charge in [-0.15, -0.1) is 0 Å². The van der Waals surface area contributed by atoms with Crippen molar-refractivity contribution < 1.29 is 28.5 Å². The van der Waals surface area contributed by atoms with Gasteiger partial charge in [0.25, 0.3) is 0 Å². The van der Waals surface area contributed by atoms with Crippen LogP contribution in [0.3, 0.4) is 0 Å². The van der Waals surface area contributed by atoms with Gasteiger partial charge in [-0.1, -0.05) is 0 Å². The Balaban J connectivity index is 2.73. The molecule has 0 aliphatic heterocycles. The first-order valence-electron chi connectivity index (χ1n) is 5.74. The third-order valence-electron chi connectivity index (χ3n) is 3.43. The van der Waals surface area contributed by atoms with Crippen molar-refractivity contribution in [3.63, 3.8) is 0 Å². The van der Waals surface area contributed by atoms with E-state index in [-0.39, 0.29) is 22.8 Å². The van der Waals surface area contributed by atoms with E-state index < -0.39 is 17.2 Å². The lowest BCUT2D eigenvalue weighted by molar-refractivity contribution is -0.140. The van der Waals surface area contributed by atoms with E-state index in [0.29, 0.717) is 12.8 Å². The molecule has 0 amide bonds. The predicted molar refractivity (Wildman–Crippen MR) is 64.6 cm³/mol. The van der Waals surface area contributed by atoms with Gasteiger partial charge < -0.3 is 19.3 Å². The second-order valence-corrected chi connectivity index (χ2v) is 4.39. The summed E-state index contributed by atoms with van der Waals surface area (Å²) < 4.78 is 29.6. The molecule has 19 heavy (non-hydrogen) atoms. The molecule has 0 radical (unpaired) electrons. The highest BCUT2D eigenvalue weighted by Gasteiger charge is 2.56. The molecule has 1 fully saturated rings. The number of hydrogen-bond acceptors (Lipinski definition) is 4. The second kappa shape index (κ2) is 4.60. The van der Waals surface area contributed by atoms with E-state index in [9.17, 15) is 14.3 Å². The van der Waals surface area contributed by atoms with Crippen LogP contribution in [0.4, 0.5) is 4.39 Å². The van der Waals surface area contributed by atoms with Crippen molar-refractivity contribution in [2.24, 2.45) is 0 Å². The Morgan fingerprint density at radius 2 is 1.79 bits per heavy atom. The van der Waals surface area contributed by atoms with E-state index in [2.05, 4.69) is 0 Å². The highest BCUT2D eigenvalue weighted by atomic mass is 19.1. The number of benzene rings is 1. The zero-order valence-corrected chi connectivity index (χ0v) is 10.9. The Hall–Kier alpha value is -1.98. The van der Waals surface area contributed by atoms with E-state index in [1.165, 1.54) is 27.4 Å². The maximum atomic E-state index is 14.4. The minimum atomic E-state index is -1.24. The molecule has 1 N–H and O–H groups in total. The fourth-order valence-corrected chi connectivity index (χ4v) is 2.22. The summed E-state index contributed by atoms with van der Waals surface area (Å²) >= 11 is 0. The van der Waals surface area contributed by atoms with Crippen LogP contribution in [0.5, 0.6) is 17.2 Å². The van der Waals surface area contributed by atoms with Gasteiger partial charge in [0.05, 0.1) is 32.3 Å². The molecule has 1 aromatic carbocycles. The molecular formula is C13H15FO5. The zero-order valence-electron chi connectivity index (χ0n) is 10.9. The Bertz CT molecular complexity index is 522. The van der Waals surface area contributed by atoms with Crippen molar-refractivity contribution in [3.8, 4) is 17.2 Å². The maximum absolute atomic E-state index is 14.4. The highest BCUT2D eigenvalue weighted by Crippen LogP contribution is 2.56. The quantitative estimate of drug-likeness (QED) is 0.886. The largest absolute Gasteiger partial charge is 0.494 e. The number of hydrogen-bond donors (Lipinski definition) is 1. The monoisotopic (exact) mass is 270 g/mol. The van der Waals surface area contributed by atoms with Gasteiger partial charge in [-0.05, 0) is 12.8 Å². The van der Waals surface area contributed by atoms with Crippen LogP contribution in [0, 0.1) is 5.82 Å². The van der Waals surface area contributed by atoms with Crippen molar-refractivity contribution in [1.29, 1.82) is 0 Å². The van der Waals surface area contributed by atoms with Crippen molar-refractivity contribution in [1.82, 2.24) is 0 Å². The van der Waals surface area contributed by atoms with Crippen LogP contribution in [0.15, 0.2) is 6.07 Å². The Morgan fingerprint density at radius 1 is 1.21 bits per heavy atom. The van der Waals surface area contributed by atoms with E-state index in [1.54, 1.807) is 0 Å². The van der Waals surface area contributed by atoms with Crippen LogP contribution in [-0.4, -0.2) is 32.4 Å². The number of methoxy groups -OCH3 is 3. The predicted octanol–water partition coefficient (Wildman–Crippen LogP) is 1.97. The molecule has 6 heteroatoms. The van der Waals surface area contributed by atoms with Gasteiger partial charge in [-0.3, -0.25) is 4.79 Å². The van der Waals surface area contributed by atoms with Crippen LogP contribution < -0.4 is 14.2 Å². The first-order valence-corrected chi connectivity index (χ1v) is 5.74. The van der Waals surface area contributed by atoms with Crippen molar-refractivity contribution in [2.75, 3.05) is 21.3 Å². The molecule has 1 aromatic rings. The lowest BCUT2D eigenvalue weighted by Gasteiger charge is -2.20. The fraction of sp³-hybridized carbons (Fsp3) is 0.462. The van der Waals surface area contributed by atoms with Crippen LogP contribution >= 0.6 is 0 Å². The molecule has 0 atom stereocenters. The fourth-order valence-electron chi connectivity index (χ4n) is 2.22. The molecule has 5 nitrogen and oxygen atoms in total. The van der Waals surface area contributed by atoms with Gasteiger partial charge >= 0.3 is 5.97 Å². The van der Waals surface area contributed by atoms with Gasteiger partial charge in [0.2, 0.25) is 0 Å². The average molecular weight is 270 g/mol. The summed E-state index contributed by atoms with van der Waals surface area (Å²) in [6.45, 7) is 0. The lowest BCUT2D eigenvalue weighted by atomic mass is 9.93. The summed E-state index contributed by atoms with van der Waals surface area (Å²) in [5, 5.41) is 9.32. The molecule has 1 aliphatic carbocycles. The van der Waals surface area contributed by atoms with E-state index >= 15 is 0 Å². The zero-order chi connectivity index (χ0) is 14.2. The van der Waals surface area contributed by atoms with E-state index in [4.69, 9.17) is 14.2 Å². The number of ether oxygens (including phenoxy) is 3. The molecule has 0 saturated heterocycles. The molecule has 104 valence electrons. The Morgan fingerprint density at radius 3 is 2.16 bits per heavy atom. The number of carboxylic acids is 1. The SMILES string of the molecule is COc1cc(OC)c(OC)c(C2(C(=O)O)CC2)c1F. The summed E-state index contributed by atoms with van der Waals surface area (Å²) in [7, 11) is 4.07. The molecule has 0 heterocycles. The number of rotatable bonds is 5. The molecule has 0 aromatic heterocycles.